The van der Waals surface area contributed by atoms with Gasteiger partial charge in [-0.15, -0.1) is 0 Å². The zero-order valence-corrected chi connectivity index (χ0v) is 13.4. The molecule has 1 aliphatic rings. The molecule has 1 heterocycles. The van der Waals surface area contributed by atoms with E-state index in [1.54, 1.807) is 0 Å². The minimum Gasteiger partial charge on any atom is -0.330 e. The third-order valence-corrected chi connectivity index (χ3v) is 4.88. The summed E-state index contributed by atoms with van der Waals surface area (Å²) in [6, 6.07) is 0. The van der Waals surface area contributed by atoms with Crippen molar-refractivity contribution in [2.24, 2.45) is 17.6 Å². The summed E-state index contributed by atoms with van der Waals surface area (Å²) in [6.45, 7) is 9.46. The first-order chi connectivity index (χ1) is 9.55. The lowest BCUT2D eigenvalue weighted by atomic mass is 9.97. The second kappa shape index (κ2) is 6.66. The maximum atomic E-state index is 5.74. The summed E-state index contributed by atoms with van der Waals surface area (Å²) in [4.78, 5) is 9.64. The molecule has 1 aromatic rings. The Balaban J connectivity index is 2.17. The average molecular weight is 275 g/mol. The van der Waals surface area contributed by atoms with E-state index in [0.717, 1.165) is 36.1 Å². The minimum absolute atomic E-state index is 0.498. The van der Waals surface area contributed by atoms with Crippen LogP contribution in [0.3, 0.4) is 0 Å². The molecule has 0 radical (unpaired) electrons. The Labute approximate surface area is 123 Å². The van der Waals surface area contributed by atoms with Crippen molar-refractivity contribution in [1.82, 2.24) is 9.97 Å². The molecule has 2 N–H and O–H groups in total. The maximum absolute atomic E-state index is 5.74. The summed E-state index contributed by atoms with van der Waals surface area (Å²) in [5.74, 6) is 3.04. The predicted molar refractivity (Wildman–Crippen MR) is 83.8 cm³/mol. The molecule has 1 fully saturated rings. The van der Waals surface area contributed by atoms with Crippen molar-refractivity contribution in [2.75, 3.05) is 6.54 Å². The normalized spacial score (nSPS) is 24.1. The number of aryl methyl sites for hydroxylation is 2. The Morgan fingerprint density at radius 3 is 2.35 bits per heavy atom. The van der Waals surface area contributed by atoms with Crippen LogP contribution in [0.15, 0.2) is 0 Å². The lowest BCUT2D eigenvalue weighted by Crippen LogP contribution is -2.16. The second-order valence-electron chi connectivity index (χ2n) is 6.56. The highest BCUT2D eigenvalue weighted by Gasteiger charge is 2.27. The van der Waals surface area contributed by atoms with Crippen molar-refractivity contribution < 1.29 is 0 Å². The van der Waals surface area contributed by atoms with Crippen LogP contribution in [0.1, 0.15) is 68.2 Å². The molecule has 1 saturated carbocycles. The predicted octanol–water partition coefficient (Wildman–Crippen LogP) is 3.52. The van der Waals surface area contributed by atoms with Gasteiger partial charge in [-0.25, -0.2) is 9.97 Å². The fourth-order valence-corrected chi connectivity index (χ4v) is 3.36. The van der Waals surface area contributed by atoms with Gasteiger partial charge >= 0.3 is 0 Å². The molecule has 0 aliphatic heterocycles. The molecule has 1 aromatic heterocycles. The van der Waals surface area contributed by atoms with E-state index in [1.165, 1.54) is 31.2 Å². The largest absolute Gasteiger partial charge is 0.330 e. The average Bonchev–Trinajstić information content (AvgIpc) is 2.91. The lowest BCUT2D eigenvalue weighted by molar-refractivity contribution is 0.515. The number of nitrogens with two attached hydrogens (primary N) is 1. The van der Waals surface area contributed by atoms with E-state index in [1.807, 2.05) is 0 Å². The zero-order valence-electron chi connectivity index (χ0n) is 13.4. The number of hydrogen-bond acceptors (Lipinski definition) is 3. The van der Waals surface area contributed by atoms with Gasteiger partial charge in [0.25, 0.3) is 0 Å². The fraction of sp³-hybridized carbons (Fsp3) is 0.765. The number of hydrogen-bond donors (Lipinski definition) is 1. The molecule has 0 aromatic carbocycles. The minimum atomic E-state index is 0.498. The molecule has 0 saturated heterocycles. The van der Waals surface area contributed by atoms with Crippen LogP contribution in [-0.2, 0) is 6.42 Å². The van der Waals surface area contributed by atoms with Gasteiger partial charge in [-0.2, -0.15) is 0 Å². The van der Waals surface area contributed by atoms with E-state index in [0.29, 0.717) is 11.8 Å². The second-order valence-corrected chi connectivity index (χ2v) is 6.56. The lowest BCUT2D eigenvalue weighted by Gasteiger charge is -2.16. The molecule has 3 unspecified atom stereocenters. The van der Waals surface area contributed by atoms with E-state index in [-0.39, 0.29) is 0 Å². The van der Waals surface area contributed by atoms with E-state index < -0.39 is 0 Å². The van der Waals surface area contributed by atoms with Crippen LogP contribution in [0.4, 0.5) is 0 Å². The summed E-state index contributed by atoms with van der Waals surface area (Å²) in [6.07, 6.45) is 6.16. The van der Waals surface area contributed by atoms with Gasteiger partial charge in [-0.1, -0.05) is 20.3 Å². The molecule has 2 rings (SSSR count). The first kappa shape index (κ1) is 15.4. The summed E-state index contributed by atoms with van der Waals surface area (Å²) in [7, 11) is 0. The van der Waals surface area contributed by atoms with E-state index in [4.69, 9.17) is 15.7 Å². The van der Waals surface area contributed by atoms with Crippen LogP contribution >= 0.6 is 0 Å². The van der Waals surface area contributed by atoms with Gasteiger partial charge in [0, 0.05) is 17.3 Å². The summed E-state index contributed by atoms with van der Waals surface area (Å²) < 4.78 is 0. The van der Waals surface area contributed by atoms with Crippen molar-refractivity contribution in [3.05, 3.63) is 22.8 Å². The van der Waals surface area contributed by atoms with Crippen LogP contribution < -0.4 is 5.73 Å². The number of nitrogens with zero attached hydrogens (tertiary/aromatic N) is 2. The van der Waals surface area contributed by atoms with Gasteiger partial charge in [-0.05, 0) is 63.5 Å². The van der Waals surface area contributed by atoms with Crippen LogP contribution in [0.5, 0.6) is 0 Å². The number of aromatic nitrogens is 2. The highest BCUT2D eigenvalue weighted by atomic mass is 14.9. The Kier molecular flexibility index (Phi) is 5.14. The van der Waals surface area contributed by atoms with Gasteiger partial charge in [0.2, 0.25) is 0 Å². The molecular weight excluding hydrogens is 246 g/mol. The van der Waals surface area contributed by atoms with E-state index >= 15 is 0 Å². The Hall–Kier alpha value is -0.960. The fourth-order valence-electron chi connectivity index (χ4n) is 3.36. The molecular formula is C17H29N3. The summed E-state index contributed by atoms with van der Waals surface area (Å²) in [5.41, 5.74) is 9.36. The van der Waals surface area contributed by atoms with Gasteiger partial charge < -0.3 is 5.73 Å². The topological polar surface area (TPSA) is 51.8 Å². The Morgan fingerprint density at radius 2 is 1.85 bits per heavy atom. The summed E-state index contributed by atoms with van der Waals surface area (Å²) >= 11 is 0. The van der Waals surface area contributed by atoms with Crippen LogP contribution in [0, 0.1) is 25.7 Å². The Bertz CT molecular complexity index is 433. The molecule has 3 nitrogen and oxygen atoms in total. The third kappa shape index (κ3) is 3.38. The zero-order chi connectivity index (χ0) is 14.7. The molecule has 3 heteroatoms. The molecule has 3 atom stereocenters. The molecule has 1 aliphatic carbocycles. The number of rotatable bonds is 5. The van der Waals surface area contributed by atoms with Crippen molar-refractivity contribution in [1.29, 1.82) is 0 Å². The molecule has 20 heavy (non-hydrogen) atoms. The van der Waals surface area contributed by atoms with Crippen LogP contribution in [0.2, 0.25) is 0 Å². The van der Waals surface area contributed by atoms with Crippen molar-refractivity contribution in [3.63, 3.8) is 0 Å². The maximum Gasteiger partial charge on any atom is 0.131 e. The van der Waals surface area contributed by atoms with Crippen molar-refractivity contribution in [3.8, 4) is 0 Å². The van der Waals surface area contributed by atoms with Gasteiger partial charge in [0.05, 0.1) is 0 Å². The van der Waals surface area contributed by atoms with Crippen LogP contribution in [0.25, 0.3) is 0 Å². The third-order valence-electron chi connectivity index (χ3n) is 4.88. The van der Waals surface area contributed by atoms with Crippen LogP contribution in [-0.4, -0.2) is 16.5 Å². The van der Waals surface area contributed by atoms with Gasteiger partial charge in [0.15, 0.2) is 0 Å². The highest BCUT2D eigenvalue weighted by Crippen LogP contribution is 2.38. The molecule has 0 amide bonds. The summed E-state index contributed by atoms with van der Waals surface area (Å²) in [5, 5.41) is 0. The molecule has 0 spiro atoms. The molecule has 112 valence electrons. The highest BCUT2D eigenvalue weighted by molar-refractivity contribution is 5.26. The van der Waals surface area contributed by atoms with Crippen molar-refractivity contribution >= 4 is 0 Å². The molecule has 0 bridgehead atoms. The quantitative estimate of drug-likeness (QED) is 0.894. The SMILES string of the molecule is CCC1CCC(c2nc(C)c(CC(C)CN)c(C)n2)C1. The first-order valence-electron chi connectivity index (χ1n) is 8.09. The Morgan fingerprint density at radius 1 is 1.20 bits per heavy atom. The first-order valence-corrected chi connectivity index (χ1v) is 8.09. The standard InChI is InChI=1S/C17H29N3/c1-5-14-6-7-15(9-14)17-19-12(3)16(13(4)20-17)8-11(2)10-18/h11,14-15H,5-10,18H2,1-4H3. The van der Waals surface area contributed by atoms with E-state index in [9.17, 15) is 0 Å². The van der Waals surface area contributed by atoms with E-state index in [2.05, 4.69) is 27.7 Å². The smallest absolute Gasteiger partial charge is 0.131 e. The van der Waals surface area contributed by atoms with Crippen molar-refractivity contribution in [2.45, 2.75) is 65.7 Å². The van der Waals surface area contributed by atoms with Gasteiger partial charge in [0.1, 0.15) is 5.82 Å². The van der Waals surface area contributed by atoms with Gasteiger partial charge in [-0.3, -0.25) is 0 Å². The monoisotopic (exact) mass is 275 g/mol.